The Morgan fingerprint density at radius 3 is 2.65 bits per heavy atom. The van der Waals surface area contributed by atoms with Crippen molar-refractivity contribution in [3.8, 4) is 10.6 Å². The second-order valence-electron chi connectivity index (χ2n) is 4.82. The van der Waals surface area contributed by atoms with Crippen molar-refractivity contribution in [3.63, 3.8) is 0 Å². The van der Waals surface area contributed by atoms with Gasteiger partial charge in [-0.1, -0.05) is 34.5 Å². The van der Waals surface area contributed by atoms with Gasteiger partial charge >= 0.3 is 0 Å². The highest BCUT2D eigenvalue weighted by atomic mass is 35.5. The summed E-state index contributed by atoms with van der Waals surface area (Å²) in [6.45, 7) is 3.52. The summed E-state index contributed by atoms with van der Waals surface area (Å²) >= 11 is 13.3. The molecule has 2 heterocycles. The molecule has 0 fully saturated rings. The Morgan fingerprint density at radius 2 is 2.00 bits per heavy atom. The van der Waals surface area contributed by atoms with Gasteiger partial charge in [-0.3, -0.25) is 10.1 Å². The molecule has 3 aromatic rings. The summed E-state index contributed by atoms with van der Waals surface area (Å²) in [6.07, 6.45) is 0. The zero-order valence-electron chi connectivity index (χ0n) is 12.2. The van der Waals surface area contributed by atoms with Gasteiger partial charge in [-0.15, -0.1) is 10.2 Å². The van der Waals surface area contributed by atoms with Gasteiger partial charge in [0, 0.05) is 10.6 Å². The van der Waals surface area contributed by atoms with Crippen LogP contribution in [0.3, 0.4) is 0 Å². The fraction of sp³-hybridized carbons (Fsp3) is 0.133. The number of aryl methyl sites for hydroxylation is 2. The molecule has 8 heteroatoms. The third-order valence-electron chi connectivity index (χ3n) is 3.09. The monoisotopic (exact) mass is 367 g/mol. The maximum Gasteiger partial charge on any atom is 0.261 e. The number of carbonyl (C=O) groups is 1. The van der Waals surface area contributed by atoms with Crippen LogP contribution in [-0.2, 0) is 0 Å². The number of aromatic nitrogens is 2. The maximum absolute atomic E-state index is 12.2. The van der Waals surface area contributed by atoms with Gasteiger partial charge in [-0.05, 0) is 38.1 Å². The van der Waals surface area contributed by atoms with Gasteiger partial charge in [0.2, 0.25) is 5.13 Å². The van der Waals surface area contributed by atoms with Gasteiger partial charge in [-0.25, -0.2) is 0 Å². The van der Waals surface area contributed by atoms with Crippen LogP contribution < -0.4 is 5.32 Å². The van der Waals surface area contributed by atoms with Crippen molar-refractivity contribution >= 4 is 45.6 Å². The van der Waals surface area contributed by atoms with Crippen LogP contribution in [0.2, 0.25) is 10.0 Å². The predicted octanol–water partition coefficient (Wildman–Crippen LogP) is 4.97. The number of rotatable bonds is 3. The van der Waals surface area contributed by atoms with Crippen molar-refractivity contribution in [2.75, 3.05) is 5.32 Å². The molecule has 1 aromatic carbocycles. The lowest BCUT2D eigenvalue weighted by Gasteiger charge is -2.00. The maximum atomic E-state index is 12.2. The second kappa shape index (κ2) is 6.31. The number of nitrogens with zero attached hydrogens (tertiary/aromatic N) is 2. The number of amides is 1. The largest absolute Gasteiger partial charge is 0.466 e. The first kappa shape index (κ1) is 16.0. The summed E-state index contributed by atoms with van der Waals surface area (Å²) in [4.78, 5) is 12.2. The number of anilines is 1. The summed E-state index contributed by atoms with van der Waals surface area (Å²) in [5.41, 5.74) is 1.19. The van der Waals surface area contributed by atoms with Crippen LogP contribution in [0, 0.1) is 13.8 Å². The lowest BCUT2D eigenvalue weighted by atomic mass is 10.2. The molecular formula is C15H11Cl2N3O2S. The minimum atomic E-state index is -0.288. The minimum Gasteiger partial charge on any atom is -0.466 e. The molecule has 0 aliphatic rings. The Balaban J connectivity index is 1.82. The van der Waals surface area contributed by atoms with Crippen LogP contribution in [0.15, 0.2) is 28.7 Å². The molecule has 5 nitrogen and oxygen atoms in total. The molecule has 0 radical (unpaired) electrons. The van der Waals surface area contributed by atoms with Gasteiger partial charge in [-0.2, -0.15) is 0 Å². The van der Waals surface area contributed by atoms with Crippen LogP contribution in [0.4, 0.5) is 5.13 Å². The van der Waals surface area contributed by atoms with Crippen molar-refractivity contribution in [2.24, 2.45) is 0 Å². The Labute approximate surface area is 146 Å². The van der Waals surface area contributed by atoms with Crippen LogP contribution in [0.5, 0.6) is 0 Å². The van der Waals surface area contributed by atoms with E-state index in [4.69, 9.17) is 27.6 Å². The summed E-state index contributed by atoms with van der Waals surface area (Å²) in [5, 5.41) is 12.7. The SMILES string of the molecule is Cc1cc(C(=O)Nc2nnc(-c3ccc(Cl)cc3Cl)s2)c(C)o1. The topological polar surface area (TPSA) is 68.0 Å². The van der Waals surface area contributed by atoms with E-state index in [0.717, 1.165) is 0 Å². The van der Waals surface area contributed by atoms with E-state index in [1.807, 2.05) is 0 Å². The summed E-state index contributed by atoms with van der Waals surface area (Å²) in [5.74, 6) is 0.952. The molecule has 0 bridgehead atoms. The highest BCUT2D eigenvalue weighted by Crippen LogP contribution is 2.33. The molecule has 0 atom stereocenters. The lowest BCUT2D eigenvalue weighted by Crippen LogP contribution is -2.11. The fourth-order valence-electron chi connectivity index (χ4n) is 2.07. The first-order valence-electron chi connectivity index (χ1n) is 6.61. The van der Waals surface area contributed by atoms with Crippen LogP contribution in [0.25, 0.3) is 10.6 Å². The van der Waals surface area contributed by atoms with E-state index >= 15 is 0 Å². The highest BCUT2D eigenvalue weighted by Gasteiger charge is 2.17. The van der Waals surface area contributed by atoms with Crippen molar-refractivity contribution in [2.45, 2.75) is 13.8 Å². The standard InChI is InChI=1S/C15H11Cl2N3O2S/c1-7-5-11(8(2)22-7)13(21)18-15-20-19-14(23-15)10-4-3-9(16)6-12(10)17/h3-6H,1-2H3,(H,18,20,21). The van der Waals surface area contributed by atoms with Gasteiger partial charge in [0.1, 0.15) is 11.5 Å². The Hall–Kier alpha value is -1.89. The number of benzene rings is 1. The molecule has 0 saturated carbocycles. The number of carbonyl (C=O) groups excluding carboxylic acids is 1. The highest BCUT2D eigenvalue weighted by molar-refractivity contribution is 7.18. The van der Waals surface area contributed by atoms with Crippen LogP contribution in [-0.4, -0.2) is 16.1 Å². The van der Waals surface area contributed by atoms with Gasteiger partial charge in [0.05, 0.1) is 10.6 Å². The Kier molecular flexibility index (Phi) is 4.39. The molecule has 1 N–H and O–H groups in total. The number of halogens is 2. The smallest absolute Gasteiger partial charge is 0.261 e. The minimum absolute atomic E-state index is 0.288. The average molecular weight is 368 g/mol. The molecule has 0 saturated heterocycles. The number of furan rings is 1. The summed E-state index contributed by atoms with van der Waals surface area (Å²) in [7, 11) is 0. The lowest BCUT2D eigenvalue weighted by molar-refractivity contribution is 0.102. The average Bonchev–Trinajstić information content (AvgIpc) is 3.05. The van der Waals surface area contributed by atoms with Crippen LogP contribution in [0.1, 0.15) is 21.9 Å². The quantitative estimate of drug-likeness (QED) is 0.708. The molecular weight excluding hydrogens is 357 g/mol. The normalized spacial score (nSPS) is 10.8. The van der Waals surface area contributed by atoms with Crippen molar-refractivity contribution in [1.82, 2.24) is 10.2 Å². The first-order chi connectivity index (χ1) is 10.9. The van der Waals surface area contributed by atoms with E-state index in [1.54, 1.807) is 38.1 Å². The number of hydrogen-bond acceptors (Lipinski definition) is 5. The molecule has 118 valence electrons. The third kappa shape index (κ3) is 3.39. The zero-order chi connectivity index (χ0) is 16.6. The summed E-state index contributed by atoms with van der Waals surface area (Å²) in [6, 6.07) is 6.80. The number of hydrogen-bond donors (Lipinski definition) is 1. The second-order valence-corrected chi connectivity index (χ2v) is 6.64. The third-order valence-corrected chi connectivity index (χ3v) is 4.51. The van der Waals surface area contributed by atoms with E-state index in [-0.39, 0.29) is 5.91 Å². The molecule has 2 aromatic heterocycles. The van der Waals surface area contributed by atoms with E-state index in [2.05, 4.69) is 15.5 Å². The fourth-order valence-corrected chi connectivity index (χ4v) is 3.40. The van der Waals surface area contributed by atoms with Gasteiger partial charge in [0.15, 0.2) is 5.01 Å². The Morgan fingerprint density at radius 1 is 1.22 bits per heavy atom. The predicted molar refractivity (Wildman–Crippen MR) is 91.5 cm³/mol. The van der Waals surface area contributed by atoms with E-state index in [0.29, 0.717) is 42.8 Å². The van der Waals surface area contributed by atoms with Crippen molar-refractivity contribution < 1.29 is 9.21 Å². The van der Waals surface area contributed by atoms with E-state index in [9.17, 15) is 4.79 Å². The first-order valence-corrected chi connectivity index (χ1v) is 8.18. The molecule has 1 amide bonds. The summed E-state index contributed by atoms with van der Waals surface area (Å²) < 4.78 is 5.35. The zero-order valence-corrected chi connectivity index (χ0v) is 14.5. The Bertz CT molecular complexity index is 889. The number of nitrogens with one attached hydrogen (secondary N) is 1. The molecule has 3 rings (SSSR count). The van der Waals surface area contributed by atoms with E-state index in [1.165, 1.54) is 11.3 Å². The molecule has 0 spiro atoms. The molecule has 0 aliphatic heterocycles. The van der Waals surface area contributed by atoms with Crippen molar-refractivity contribution in [3.05, 3.63) is 51.4 Å². The van der Waals surface area contributed by atoms with E-state index < -0.39 is 0 Å². The molecule has 0 aliphatic carbocycles. The van der Waals surface area contributed by atoms with Gasteiger partial charge < -0.3 is 4.42 Å². The van der Waals surface area contributed by atoms with Crippen LogP contribution >= 0.6 is 34.5 Å². The van der Waals surface area contributed by atoms with Crippen molar-refractivity contribution in [1.29, 1.82) is 0 Å². The molecule has 23 heavy (non-hydrogen) atoms. The molecule has 0 unspecified atom stereocenters. The van der Waals surface area contributed by atoms with Gasteiger partial charge in [0.25, 0.3) is 5.91 Å².